The quantitative estimate of drug-likeness (QED) is 0.343. The first-order valence-electron chi connectivity index (χ1n) is 9.25. The lowest BCUT2D eigenvalue weighted by Crippen LogP contribution is -2.07. The van der Waals surface area contributed by atoms with E-state index in [1.807, 2.05) is 36.4 Å². The average molecular weight is 357 g/mol. The van der Waals surface area contributed by atoms with Crippen molar-refractivity contribution >= 4 is 6.16 Å². The van der Waals surface area contributed by atoms with Crippen molar-refractivity contribution in [3.63, 3.8) is 0 Å². The van der Waals surface area contributed by atoms with Gasteiger partial charge in [-0.2, -0.15) is 0 Å². The molecule has 142 valence electrons. The highest BCUT2D eigenvalue weighted by molar-refractivity contribution is 5.60. The van der Waals surface area contributed by atoms with Crippen molar-refractivity contribution in [2.75, 3.05) is 6.61 Å². The number of hydrogen-bond acceptors (Lipinski definition) is 3. The van der Waals surface area contributed by atoms with E-state index in [0.29, 0.717) is 0 Å². The van der Waals surface area contributed by atoms with Crippen molar-refractivity contribution in [1.82, 2.24) is 0 Å². The van der Waals surface area contributed by atoms with Gasteiger partial charge in [-0.25, -0.2) is 4.79 Å². The van der Waals surface area contributed by atoms with Gasteiger partial charge in [0, 0.05) is 0 Å². The van der Waals surface area contributed by atoms with Crippen LogP contribution in [-0.2, 0) is 16.1 Å². The molecule has 0 aromatic heterocycles. The first-order chi connectivity index (χ1) is 12.5. The lowest BCUT2D eigenvalue weighted by atomic mass is 10.1. The van der Waals surface area contributed by atoms with Gasteiger partial charge in [0.15, 0.2) is 0 Å². The molecule has 3 nitrogen and oxygen atoms in total. The number of allylic oxidation sites excluding steroid dienone is 5. The van der Waals surface area contributed by atoms with Crippen molar-refractivity contribution in [3.8, 4) is 0 Å². The standard InChI is InChI=1S/C23H32O3/c1-19(2)10-8-11-20(3)12-9-13-21(4)16-17-25-23(24)26-18-22-14-6-5-7-15-22/h5-7,10,12,14-16H,8-9,11,13,17-18H2,1-4H3/b20-12+,21-16+. The molecule has 1 rings (SSSR count). The van der Waals surface area contributed by atoms with Crippen molar-refractivity contribution in [2.24, 2.45) is 0 Å². The molecule has 1 aromatic rings. The molecule has 0 unspecified atom stereocenters. The molecule has 26 heavy (non-hydrogen) atoms. The highest BCUT2D eigenvalue weighted by Crippen LogP contribution is 2.11. The summed E-state index contributed by atoms with van der Waals surface area (Å²) in [6.07, 6.45) is 10.1. The van der Waals surface area contributed by atoms with Gasteiger partial charge in [-0.15, -0.1) is 0 Å². The monoisotopic (exact) mass is 356 g/mol. The third kappa shape index (κ3) is 11.3. The summed E-state index contributed by atoms with van der Waals surface area (Å²) in [7, 11) is 0. The number of benzene rings is 1. The molecular formula is C23H32O3. The molecule has 0 atom stereocenters. The molecule has 0 spiro atoms. The molecular weight excluding hydrogens is 324 g/mol. The second kappa shape index (κ2) is 13.0. The summed E-state index contributed by atoms with van der Waals surface area (Å²) in [5.74, 6) is 0. The van der Waals surface area contributed by atoms with Crippen molar-refractivity contribution in [3.05, 3.63) is 70.8 Å². The Labute approximate surface area is 158 Å². The van der Waals surface area contributed by atoms with E-state index < -0.39 is 6.16 Å². The smallest absolute Gasteiger partial charge is 0.430 e. The van der Waals surface area contributed by atoms with Gasteiger partial charge in [0.1, 0.15) is 13.2 Å². The number of carbonyl (C=O) groups is 1. The number of carbonyl (C=O) groups excluding carboxylic acids is 1. The van der Waals surface area contributed by atoms with E-state index in [1.165, 1.54) is 16.7 Å². The molecule has 1 aromatic carbocycles. The van der Waals surface area contributed by atoms with Gasteiger partial charge in [0.05, 0.1) is 0 Å². The van der Waals surface area contributed by atoms with E-state index in [0.717, 1.165) is 31.2 Å². The molecule has 0 radical (unpaired) electrons. The summed E-state index contributed by atoms with van der Waals surface area (Å²) in [5.41, 5.74) is 4.96. The van der Waals surface area contributed by atoms with Crippen LogP contribution in [0.5, 0.6) is 0 Å². The van der Waals surface area contributed by atoms with Crippen LogP contribution in [0.3, 0.4) is 0 Å². The van der Waals surface area contributed by atoms with Crippen LogP contribution in [0.15, 0.2) is 65.3 Å². The van der Waals surface area contributed by atoms with Gasteiger partial charge in [-0.1, -0.05) is 59.2 Å². The average Bonchev–Trinajstić information content (AvgIpc) is 2.60. The maximum atomic E-state index is 11.6. The van der Waals surface area contributed by atoms with Crippen LogP contribution in [0, 0.1) is 0 Å². The lowest BCUT2D eigenvalue weighted by Gasteiger charge is -2.05. The Bertz CT molecular complexity index is 620. The van der Waals surface area contributed by atoms with E-state index in [1.54, 1.807) is 0 Å². The normalized spacial score (nSPS) is 11.8. The van der Waals surface area contributed by atoms with Crippen molar-refractivity contribution in [2.45, 2.75) is 60.0 Å². The van der Waals surface area contributed by atoms with Crippen molar-refractivity contribution in [1.29, 1.82) is 0 Å². The highest BCUT2D eigenvalue weighted by atomic mass is 16.7. The Balaban J connectivity index is 2.18. The maximum Gasteiger partial charge on any atom is 0.508 e. The van der Waals surface area contributed by atoms with E-state index >= 15 is 0 Å². The zero-order chi connectivity index (χ0) is 19.2. The Kier molecular flexibility index (Phi) is 10.9. The third-order valence-corrected chi connectivity index (χ3v) is 3.96. The van der Waals surface area contributed by atoms with Gasteiger partial charge in [0.2, 0.25) is 0 Å². The second-order valence-corrected chi connectivity index (χ2v) is 6.80. The molecule has 3 heteroatoms. The first-order valence-corrected chi connectivity index (χ1v) is 9.25. The Morgan fingerprint density at radius 3 is 2.12 bits per heavy atom. The molecule has 0 saturated carbocycles. The van der Waals surface area contributed by atoms with Crippen molar-refractivity contribution < 1.29 is 14.3 Å². The second-order valence-electron chi connectivity index (χ2n) is 6.80. The van der Waals surface area contributed by atoms with Gasteiger partial charge in [-0.3, -0.25) is 0 Å². The predicted molar refractivity (Wildman–Crippen MR) is 108 cm³/mol. The summed E-state index contributed by atoms with van der Waals surface area (Å²) in [6.45, 7) is 9.00. The Morgan fingerprint density at radius 2 is 1.46 bits per heavy atom. The van der Waals surface area contributed by atoms with E-state index in [4.69, 9.17) is 9.47 Å². The molecule has 0 heterocycles. The summed E-state index contributed by atoms with van der Waals surface area (Å²) in [5, 5.41) is 0. The van der Waals surface area contributed by atoms with Gasteiger partial charge >= 0.3 is 6.16 Å². The lowest BCUT2D eigenvalue weighted by molar-refractivity contribution is 0.0575. The minimum Gasteiger partial charge on any atom is -0.430 e. The third-order valence-electron chi connectivity index (χ3n) is 3.96. The largest absolute Gasteiger partial charge is 0.508 e. The fraction of sp³-hybridized carbons (Fsp3) is 0.435. The maximum absolute atomic E-state index is 11.6. The SMILES string of the molecule is CC(C)=CCC/C(C)=C/CC/C(C)=C/COC(=O)OCc1ccccc1. The molecule has 0 saturated heterocycles. The van der Waals surface area contributed by atoms with Crippen LogP contribution < -0.4 is 0 Å². The van der Waals surface area contributed by atoms with E-state index in [9.17, 15) is 4.79 Å². The van der Waals surface area contributed by atoms with Gasteiger partial charge in [-0.05, 0) is 65.0 Å². The molecule has 0 fully saturated rings. The van der Waals surface area contributed by atoms with Gasteiger partial charge < -0.3 is 9.47 Å². The highest BCUT2D eigenvalue weighted by Gasteiger charge is 2.03. The molecule has 0 N–H and O–H groups in total. The van der Waals surface area contributed by atoms with Crippen LogP contribution in [0.1, 0.15) is 58.9 Å². The molecule has 0 aliphatic rings. The van der Waals surface area contributed by atoms with E-state index in [2.05, 4.69) is 39.8 Å². The van der Waals surface area contributed by atoms with Crippen LogP contribution in [0.4, 0.5) is 4.79 Å². The first kappa shape index (κ1) is 21.8. The topological polar surface area (TPSA) is 35.5 Å². The fourth-order valence-corrected chi connectivity index (χ4v) is 2.35. The summed E-state index contributed by atoms with van der Waals surface area (Å²) in [6, 6.07) is 9.57. The fourth-order valence-electron chi connectivity index (χ4n) is 2.35. The summed E-state index contributed by atoms with van der Waals surface area (Å²) < 4.78 is 10.2. The molecule has 0 bridgehead atoms. The summed E-state index contributed by atoms with van der Waals surface area (Å²) >= 11 is 0. The van der Waals surface area contributed by atoms with Gasteiger partial charge in [0.25, 0.3) is 0 Å². The molecule has 0 amide bonds. The van der Waals surface area contributed by atoms with Crippen LogP contribution in [0.2, 0.25) is 0 Å². The summed E-state index contributed by atoms with van der Waals surface area (Å²) in [4.78, 5) is 11.6. The Morgan fingerprint density at radius 1 is 0.846 bits per heavy atom. The zero-order valence-electron chi connectivity index (χ0n) is 16.6. The number of rotatable bonds is 10. The molecule has 0 aliphatic heterocycles. The van der Waals surface area contributed by atoms with Crippen LogP contribution in [0.25, 0.3) is 0 Å². The minimum atomic E-state index is -0.632. The van der Waals surface area contributed by atoms with Crippen LogP contribution in [-0.4, -0.2) is 12.8 Å². The zero-order valence-corrected chi connectivity index (χ0v) is 16.6. The van der Waals surface area contributed by atoms with E-state index in [-0.39, 0.29) is 13.2 Å². The predicted octanol–water partition coefficient (Wildman–Crippen LogP) is 6.76. The molecule has 0 aliphatic carbocycles. The number of ether oxygens (including phenoxy) is 2. The Hall–Kier alpha value is -2.29. The van der Waals surface area contributed by atoms with Crippen LogP contribution >= 0.6 is 0 Å². The minimum absolute atomic E-state index is 0.235. The number of hydrogen-bond donors (Lipinski definition) is 0.